The molecule has 4 N–H and O–H groups in total. The predicted molar refractivity (Wildman–Crippen MR) is 121 cm³/mol. The first-order valence-corrected chi connectivity index (χ1v) is 10.7. The number of hydrogen-bond acceptors (Lipinski definition) is 5. The second-order valence-electron chi connectivity index (χ2n) is 9.24. The van der Waals surface area contributed by atoms with Crippen LogP contribution in [-0.4, -0.2) is 40.8 Å². The quantitative estimate of drug-likeness (QED) is 0.679. The summed E-state index contributed by atoms with van der Waals surface area (Å²) in [5.74, 6) is -0.0106. The molecule has 0 atom stereocenters. The Hall–Kier alpha value is -2.87. The van der Waals surface area contributed by atoms with E-state index in [1.807, 2.05) is 20.8 Å². The van der Waals surface area contributed by atoms with E-state index in [1.54, 1.807) is 36.0 Å². The van der Waals surface area contributed by atoms with Crippen molar-refractivity contribution in [1.29, 1.82) is 0 Å². The van der Waals surface area contributed by atoms with Gasteiger partial charge in [-0.25, -0.2) is 0 Å². The maximum absolute atomic E-state index is 12.9. The molecule has 0 aliphatic heterocycles. The van der Waals surface area contributed by atoms with Crippen molar-refractivity contribution in [2.75, 3.05) is 12.4 Å². The molecule has 0 saturated heterocycles. The van der Waals surface area contributed by atoms with Gasteiger partial charge in [0.25, 0.3) is 11.8 Å². The molecule has 1 aliphatic carbocycles. The highest BCUT2D eigenvalue weighted by atomic mass is 16.5. The molecule has 1 fully saturated rings. The van der Waals surface area contributed by atoms with Gasteiger partial charge in [0.1, 0.15) is 11.4 Å². The summed E-state index contributed by atoms with van der Waals surface area (Å²) >= 11 is 0. The van der Waals surface area contributed by atoms with E-state index >= 15 is 0 Å². The molecule has 0 unspecified atom stereocenters. The second-order valence-corrected chi connectivity index (χ2v) is 9.24. The third-order valence-electron chi connectivity index (χ3n) is 5.70. The summed E-state index contributed by atoms with van der Waals surface area (Å²) in [4.78, 5) is 25.7. The summed E-state index contributed by atoms with van der Waals surface area (Å²) in [6, 6.07) is 7.15. The third-order valence-corrected chi connectivity index (χ3v) is 5.70. The van der Waals surface area contributed by atoms with Gasteiger partial charge in [-0.05, 0) is 49.9 Å². The molecule has 1 aromatic carbocycles. The number of benzene rings is 1. The molecule has 1 heterocycles. The Kier molecular flexibility index (Phi) is 6.69. The molecule has 168 valence electrons. The molecule has 0 spiro atoms. The van der Waals surface area contributed by atoms with Crippen molar-refractivity contribution < 1.29 is 14.3 Å². The maximum Gasteiger partial charge on any atom is 0.274 e. The van der Waals surface area contributed by atoms with Crippen molar-refractivity contribution in [3.05, 3.63) is 41.2 Å². The minimum absolute atomic E-state index is 0.123. The van der Waals surface area contributed by atoms with Gasteiger partial charge in [0.15, 0.2) is 0 Å². The summed E-state index contributed by atoms with van der Waals surface area (Å²) in [6.07, 6.45) is 3.58. The van der Waals surface area contributed by atoms with Crippen LogP contribution in [0.3, 0.4) is 0 Å². The Morgan fingerprint density at radius 3 is 2.39 bits per heavy atom. The van der Waals surface area contributed by atoms with Crippen LogP contribution in [0.5, 0.6) is 5.75 Å². The van der Waals surface area contributed by atoms with Crippen molar-refractivity contribution in [1.82, 2.24) is 15.1 Å². The van der Waals surface area contributed by atoms with Crippen molar-refractivity contribution >= 4 is 17.5 Å². The molecule has 1 aliphatic rings. The zero-order chi connectivity index (χ0) is 22.8. The second kappa shape index (κ2) is 9.09. The molecule has 2 amide bonds. The van der Waals surface area contributed by atoms with E-state index in [-0.39, 0.29) is 29.3 Å². The van der Waals surface area contributed by atoms with Crippen molar-refractivity contribution in [3.63, 3.8) is 0 Å². The number of aryl methyl sites for hydroxylation is 1. The maximum atomic E-state index is 12.9. The van der Waals surface area contributed by atoms with Gasteiger partial charge in [-0.1, -0.05) is 20.8 Å². The molecule has 3 rings (SSSR count). The van der Waals surface area contributed by atoms with Crippen LogP contribution >= 0.6 is 0 Å². The van der Waals surface area contributed by atoms with E-state index in [1.165, 1.54) is 7.11 Å². The zero-order valence-corrected chi connectivity index (χ0v) is 19.0. The van der Waals surface area contributed by atoms with Crippen molar-refractivity contribution in [3.8, 4) is 5.75 Å². The van der Waals surface area contributed by atoms with Gasteiger partial charge in [-0.15, -0.1) is 0 Å². The van der Waals surface area contributed by atoms with Gasteiger partial charge in [0, 0.05) is 30.1 Å². The number of methoxy groups -OCH3 is 1. The van der Waals surface area contributed by atoms with E-state index in [0.29, 0.717) is 22.7 Å². The monoisotopic (exact) mass is 427 g/mol. The SMILES string of the molecule is COc1ccc(C(=O)NC2CCC(N)CC2)cc1NC(=O)c1cc(C(C)(C)C)nn1C. The normalized spacial score (nSPS) is 19.0. The molecule has 0 bridgehead atoms. The highest BCUT2D eigenvalue weighted by Gasteiger charge is 2.24. The lowest BCUT2D eigenvalue weighted by Gasteiger charge is -2.26. The summed E-state index contributed by atoms with van der Waals surface area (Å²) in [5, 5.41) is 10.4. The van der Waals surface area contributed by atoms with Crippen LogP contribution < -0.4 is 21.1 Å². The van der Waals surface area contributed by atoms with Gasteiger partial charge < -0.3 is 21.1 Å². The summed E-state index contributed by atoms with van der Waals surface area (Å²) in [7, 11) is 3.26. The van der Waals surface area contributed by atoms with Gasteiger partial charge in [-0.2, -0.15) is 5.10 Å². The Bertz CT molecular complexity index is 953. The summed E-state index contributed by atoms with van der Waals surface area (Å²) in [6.45, 7) is 6.13. The number of aromatic nitrogens is 2. The molecule has 0 radical (unpaired) electrons. The average molecular weight is 428 g/mol. The van der Waals surface area contributed by atoms with Crippen molar-refractivity contribution in [2.24, 2.45) is 12.8 Å². The number of hydrogen-bond donors (Lipinski definition) is 3. The van der Waals surface area contributed by atoms with E-state index in [2.05, 4.69) is 15.7 Å². The van der Waals surface area contributed by atoms with Crippen LogP contribution in [0.1, 0.15) is 73.0 Å². The number of ether oxygens (including phenoxy) is 1. The van der Waals surface area contributed by atoms with Gasteiger partial charge in [0.05, 0.1) is 18.5 Å². The highest BCUT2D eigenvalue weighted by Crippen LogP contribution is 2.27. The van der Waals surface area contributed by atoms with Crippen LogP contribution in [0.15, 0.2) is 24.3 Å². The molecule has 8 heteroatoms. The molecule has 1 aromatic heterocycles. The van der Waals surface area contributed by atoms with E-state index in [9.17, 15) is 9.59 Å². The van der Waals surface area contributed by atoms with Crippen LogP contribution in [0.2, 0.25) is 0 Å². The fourth-order valence-electron chi connectivity index (χ4n) is 3.71. The van der Waals surface area contributed by atoms with E-state index < -0.39 is 0 Å². The molecule has 1 saturated carbocycles. The van der Waals surface area contributed by atoms with Crippen molar-refractivity contribution in [2.45, 2.75) is 64.0 Å². The van der Waals surface area contributed by atoms with Crippen LogP contribution in [0.4, 0.5) is 5.69 Å². The Morgan fingerprint density at radius 1 is 1.13 bits per heavy atom. The molecule has 8 nitrogen and oxygen atoms in total. The predicted octanol–water partition coefficient (Wildman–Crippen LogP) is 2.98. The molecule has 2 aromatic rings. The van der Waals surface area contributed by atoms with E-state index in [0.717, 1.165) is 31.4 Å². The number of anilines is 1. The largest absolute Gasteiger partial charge is 0.495 e. The van der Waals surface area contributed by atoms with Crippen LogP contribution in [0, 0.1) is 0 Å². The fourth-order valence-corrected chi connectivity index (χ4v) is 3.71. The minimum atomic E-state index is -0.317. The summed E-state index contributed by atoms with van der Waals surface area (Å²) < 4.78 is 6.95. The lowest BCUT2D eigenvalue weighted by Crippen LogP contribution is -2.40. The fraction of sp³-hybridized carbons (Fsp3) is 0.522. The smallest absolute Gasteiger partial charge is 0.274 e. The Labute approximate surface area is 183 Å². The first-order valence-electron chi connectivity index (χ1n) is 10.7. The number of rotatable bonds is 5. The number of amides is 2. The zero-order valence-electron chi connectivity index (χ0n) is 19.0. The van der Waals surface area contributed by atoms with Gasteiger partial charge in [0.2, 0.25) is 0 Å². The molecular weight excluding hydrogens is 394 g/mol. The number of nitrogens with zero attached hydrogens (tertiary/aromatic N) is 2. The van der Waals surface area contributed by atoms with Gasteiger partial charge in [-0.3, -0.25) is 14.3 Å². The first kappa shape index (κ1) is 22.8. The number of carbonyl (C=O) groups excluding carboxylic acids is 2. The summed E-state index contributed by atoms with van der Waals surface area (Å²) in [5.41, 5.74) is 7.93. The Morgan fingerprint density at radius 2 is 1.81 bits per heavy atom. The topological polar surface area (TPSA) is 111 Å². The van der Waals surface area contributed by atoms with Gasteiger partial charge >= 0.3 is 0 Å². The third kappa shape index (κ3) is 5.44. The van der Waals surface area contributed by atoms with Crippen LogP contribution in [0.25, 0.3) is 0 Å². The Balaban J connectivity index is 1.77. The number of carbonyl (C=O) groups is 2. The first-order chi connectivity index (χ1) is 14.6. The lowest BCUT2D eigenvalue weighted by molar-refractivity contribution is 0.0924. The number of nitrogens with one attached hydrogen (secondary N) is 2. The van der Waals surface area contributed by atoms with Crippen LogP contribution in [-0.2, 0) is 12.5 Å². The van der Waals surface area contributed by atoms with E-state index in [4.69, 9.17) is 10.5 Å². The molecule has 31 heavy (non-hydrogen) atoms. The lowest BCUT2D eigenvalue weighted by atomic mass is 9.91. The standard InChI is InChI=1S/C23H33N5O3/c1-23(2,3)20-13-18(28(4)27-20)22(30)26-17-12-14(6-11-19(17)31-5)21(29)25-16-9-7-15(24)8-10-16/h6,11-13,15-16H,7-10,24H2,1-5H3,(H,25,29)(H,26,30). The highest BCUT2D eigenvalue weighted by molar-refractivity contribution is 6.05. The minimum Gasteiger partial charge on any atom is -0.495 e. The average Bonchev–Trinajstić information content (AvgIpc) is 3.12. The molecular formula is C23H33N5O3. The number of nitrogens with two attached hydrogens (primary N) is 1.